The van der Waals surface area contributed by atoms with Gasteiger partial charge in [0.1, 0.15) is 6.54 Å². The van der Waals surface area contributed by atoms with E-state index in [1.165, 1.54) is 11.3 Å². The van der Waals surface area contributed by atoms with Gasteiger partial charge in [-0.2, -0.15) is 5.10 Å². The lowest BCUT2D eigenvalue weighted by Crippen LogP contribution is -2.22. The van der Waals surface area contributed by atoms with E-state index in [1.807, 2.05) is 4.68 Å². The number of fused-ring (bicyclic) bond motifs is 1. The van der Waals surface area contributed by atoms with Crippen molar-refractivity contribution in [1.82, 2.24) is 9.78 Å². The highest BCUT2D eigenvalue weighted by Crippen LogP contribution is 2.40. The summed E-state index contributed by atoms with van der Waals surface area (Å²) in [5, 5.41) is 4.71. The zero-order valence-electron chi connectivity index (χ0n) is 12.8. The third kappa shape index (κ3) is 2.87. The SMILES string of the molecule is CC(C)(C)c1nn(CC(N)=O)c2c1C(CCN)CCC2. The van der Waals surface area contributed by atoms with E-state index in [9.17, 15) is 4.79 Å². The molecule has 1 aliphatic carbocycles. The average Bonchev–Trinajstić information content (AvgIpc) is 2.69. The summed E-state index contributed by atoms with van der Waals surface area (Å²) in [6.07, 6.45) is 4.26. The molecule has 0 bridgehead atoms. The van der Waals surface area contributed by atoms with E-state index in [0.29, 0.717) is 12.5 Å². The summed E-state index contributed by atoms with van der Waals surface area (Å²) in [4.78, 5) is 11.3. The number of aromatic nitrogens is 2. The van der Waals surface area contributed by atoms with Crippen LogP contribution in [0.1, 0.15) is 62.9 Å². The van der Waals surface area contributed by atoms with Gasteiger partial charge < -0.3 is 11.5 Å². The van der Waals surface area contributed by atoms with Crippen molar-refractivity contribution in [2.45, 2.75) is 64.3 Å². The average molecular weight is 278 g/mol. The van der Waals surface area contributed by atoms with Gasteiger partial charge in [-0.3, -0.25) is 9.48 Å². The first kappa shape index (κ1) is 15.0. The number of carbonyl (C=O) groups is 1. The highest BCUT2D eigenvalue weighted by atomic mass is 16.1. The van der Waals surface area contributed by atoms with Crippen molar-refractivity contribution < 1.29 is 4.79 Å². The molecule has 5 nitrogen and oxygen atoms in total. The van der Waals surface area contributed by atoms with Crippen LogP contribution < -0.4 is 11.5 Å². The maximum atomic E-state index is 11.3. The van der Waals surface area contributed by atoms with Crippen LogP contribution in [0.5, 0.6) is 0 Å². The molecule has 1 unspecified atom stereocenters. The van der Waals surface area contributed by atoms with Gasteiger partial charge in [0, 0.05) is 16.7 Å². The van der Waals surface area contributed by atoms with Gasteiger partial charge in [0.25, 0.3) is 0 Å². The Morgan fingerprint density at radius 3 is 2.70 bits per heavy atom. The molecule has 0 spiro atoms. The van der Waals surface area contributed by atoms with Crippen molar-refractivity contribution in [3.63, 3.8) is 0 Å². The first-order valence-electron chi connectivity index (χ1n) is 7.43. The minimum Gasteiger partial charge on any atom is -0.368 e. The van der Waals surface area contributed by atoms with Gasteiger partial charge in [0.05, 0.1) is 5.69 Å². The molecule has 1 heterocycles. The van der Waals surface area contributed by atoms with E-state index in [-0.39, 0.29) is 17.9 Å². The molecule has 0 aliphatic heterocycles. The van der Waals surface area contributed by atoms with Crippen LogP contribution in [0.25, 0.3) is 0 Å². The molecule has 1 atom stereocenters. The molecule has 1 aromatic rings. The van der Waals surface area contributed by atoms with Crippen LogP contribution in [0.15, 0.2) is 0 Å². The Labute approximate surface area is 120 Å². The Morgan fingerprint density at radius 2 is 2.15 bits per heavy atom. The maximum Gasteiger partial charge on any atom is 0.239 e. The largest absolute Gasteiger partial charge is 0.368 e. The van der Waals surface area contributed by atoms with Gasteiger partial charge in [-0.1, -0.05) is 20.8 Å². The van der Waals surface area contributed by atoms with Crippen LogP contribution in [0.2, 0.25) is 0 Å². The fraction of sp³-hybridized carbons (Fsp3) is 0.733. The Morgan fingerprint density at radius 1 is 1.45 bits per heavy atom. The van der Waals surface area contributed by atoms with Crippen molar-refractivity contribution in [1.29, 1.82) is 0 Å². The Hall–Kier alpha value is -1.36. The molecule has 1 amide bonds. The van der Waals surface area contributed by atoms with Crippen LogP contribution in [-0.4, -0.2) is 22.2 Å². The van der Waals surface area contributed by atoms with Crippen LogP contribution in [-0.2, 0) is 23.2 Å². The van der Waals surface area contributed by atoms with Crippen molar-refractivity contribution in [2.24, 2.45) is 11.5 Å². The van der Waals surface area contributed by atoms with Crippen molar-refractivity contribution in [2.75, 3.05) is 6.54 Å². The molecule has 5 heteroatoms. The van der Waals surface area contributed by atoms with Gasteiger partial charge in [0.15, 0.2) is 0 Å². The fourth-order valence-electron chi connectivity index (χ4n) is 3.19. The predicted molar refractivity (Wildman–Crippen MR) is 79.5 cm³/mol. The summed E-state index contributed by atoms with van der Waals surface area (Å²) in [7, 11) is 0. The lowest BCUT2D eigenvalue weighted by Gasteiger charge is -2.27. The molecule has 0 saturated carbocycles. The summed E-state index contributed by atoms with van der Waals surface area (Å²) in [5.41, 5.74) is 14.7. The number of nitrogens with two attached hydrogens (primary N) is 2. The number of hydrogen-bond donors (Lipinski definition) is 2. The van der Waals surface area contributed by atoms with E-state index >= 15 is 0 Å². The van der Waals surface area contributed by atoms with Gasteiger partial charge in [-0.05, 0) is 38.1 Å². The molecule has 112 valence electrons. The lowest BCUT2D eigenvalue weighted by atomic mass is 9.78. The molecule has 0 aromatic carbocycles. The summed E-state index contributed by atoms with van der Waals surface area (Å²) in [5.74, 6) is 0.135. The van der Waals surface area contributed by atoms with Crippen molar-refractivity contribution >= 4 is 5.91 Å². The van der Waals surface area contributed by atoms with Crippen molar-refractivity contribution in [3.8, 4) is 0 Å². The molecule has 0 radical (unpaired) electrons. The summed E-state index contributed by atoms with van der Waals surface area (Å²) in [6.45, 7) is 7.36. The number of carbonyl (C=O) groups excluding carboxylic acids is 1. The van der Waals surface area contributed by atoms with Gasteiger partial charge in [0.2, 0.25) is 5.91 Å². The third-order valence-corrected chi connectivity index (χ3v) is 4.00. The van der Waals surface area contributed by atoms with Gasteiger partial charge in [-0.15, -0.1) is 0 Å². The molecular weight excluding hydrogens is 252 g/mol. The fourth-order valence-corrected chi connectivity index (χ4v) is 3.19. The molecule has 1 aromatic heterocycles. The minimum atomic E-state index is -0.336. The Balaban J connectivity index is 2.52. The Bertz CT molecular complexity index is 499. The minimum absolute atomic E-state index is 0.0306. The topological polar surface area (TPSA) is 86.9 Å². The molecule has 4 N–H and O–H groups in total. The molecular formula is C15H26N4O. The second-order valence-electron chi connectivity index (χ2n) is 6.75. The van der Waals surface area contributed by atoms with Crippen molar-refractivity contribution in [3.05, 3.63) is 17.0 Å². The number of hydrogen-bond acceptors (Lipinski definition) is 3. The quantitative estimate of drug-likeness (QED) is 0.873. The van der Waals surface area contributed by atoms with E-state index in [2.05, 4.69) is 20.8 Å². The summed E-state index contributed by atoms with van der Waals surface area (Å²) in [6, 6.07) is 0. The van der Waals surface area contributed by atoms with Crippen LogP contribution in [0.3, 0.4) is 0 Å². The highest BCUT2D eigenvalue weighted by molar-refractivity contribution is 5.73. The number of nitrogens with zero attached hydrogens (tertiary/aromatic N) is 2. The van der Waals surface area contributed by atoms with Crippen LogP contribution in [0.4, 0.5) is 0 Å². The van der Waals surface area contributed by atoms with E-state index in [1.54, 1.807) is 0 Å². The normalized spacial score (nSPS) is 18.9. The number of amides is 1. The summed E-state index contributed by atoms with van der Waals surface area (Å²) >= 11 is 0. The first-order valence-corrected chi connectivity index (χ1v) is 7.43. The first-order chi connectivity index (χ1) is 9.34. The zero-order valence-corrected chi connectivity index (χ0v) is 12.8. The smallest absolute Gasteiger partial charge is 0.239 e. The standard InChI is InChI=1S/C15H26N4O/c1-15(2,3)14-13-10(7-8-16)5-4-6-11(13)19(18-14)9-12(17)20/h10H,4-9,16H2,1-3H3,(H2,17,20). The lowest BCUT2D eigenvalue weighted by molar-refractivity contribution is -0.118. The Kier molecular flexibility index (Phi) is 4.18. The monoisotopic (exact) mass is 278 g/mol. The second kappa shape index (κ2) is 5.56. The van der Waals surface area contributed by atoms with Crippen LogP contribution >= 0.6 is 0 Å². The molecule has 2 rings (SSSR count). The number of primary amides is 1. The van der Waals surface area contributed by atoms with E-state index < -0.39 is 0 Å². The maximum absolute atomic E-state index is 11.3. The second-order valence-corrected chi connectivity index (χ2v) is 6.75. The summed E-state index contributed by atoms with van der Waals surface area (Å²) < 4.78 is 1.82. The zero-order chi connectivity index (χ0) is 14.9. The van der Waals surface area contributed by atoms with E-state index in [0.717, 1.165) is 31.4 Å². The molecule has 0 fully saturated rings. The predicted octanol–water partition coefficient (Wildman–Crippen LogP) is 1.43. The number of rotatable bonds is 4. The highest BCUT2D eigenvalue weighted by Gasteiger charge is 2.33. The molecule has 0 saturated heterocycles. The van der Waals surface area contributed by atoms with Gasteiger partial charge >= 0.3 is 0 Å². The van der Waals surface area contributed by atoms with Gasteiger partial charge in [-0.25, -0.2) is 0 Å². The molecule has 1 aliphatic rings. The third-order valence-electron chi connectivity index (χ3n) is 4.00. The van der Waals surface area contributed by atoms with E-state index in [4.69, 9.17) is 16.6 Å². The molecule has 20 heavy (non-hydrogen) atoms. The van der Waals surface area contributed by atoms with Crippen LogP contribution in [0, 0.1) is 0 Å².